The molecule has 2 amide bonds. The minimum absolute atomic E-state index is 0.0751. The molecule has 1 heterocycles. The van der Waals surface area contributed by atoms with Gasteiger partial charge in [0.15, 0.2) is 0 Å². The number of amides is 2. The first-order valence-corrected chi connectivity index (χ1v) is 7.52. The second kappa shape index (κ2) is 6.74. The van der Waals surface area contributed by atoms with Crippen LogP contribution in [0, 0.1) is 0 Å². The fraction of sp³-hybridized carbons (Fsp3) is 0.200. The summed E-state index contributed by atoms with van der Waals surface area (Å²) in [7, 11) is 1.75. The van der Waals surface area contributed by atoms with E-state index < -0.39 is 0 Å². The number of benzene rings is 1. The van der Waals surface area contributed by atoms with E-state index >= 15 is 0 Å². The van der Waals surface area contributed by atoms with Crippen LogP contribution in [-0.4, -0.2) is 23.8 Å². The lowest BCUT2D eigenvalue weighted by Crippen LogP contribution is -2.25. The third kappa shape index (κ3) is 4.31. The number of anilines is 1. The van der Waals surface area contributed by atoms with Crippen molar-refractivity contribution >= 4 is 40.4 Å². The highest BCUT2D eigenvalue weighted by Crippen LogP contribution is 2.23. The van der Waals surface area contributed by atoms with E-state index in [0.717, 1.165) is 4.88 Å². The molecule has 2 rings (SSSR count). The number of thiophene rings is 1. The van der Waals surface area contributed by atoms with Crippen molar-refractivity contribution in [1.82, 2.24) is 4.90 Å². The minimum Gasteiger partial charge on any atom is -0.337 e. The zero-order chi connectivity index (χ0) is 15.4. The van der Waals surface area contributed by atoms with Crippen molar-refractivity contribution in [2.75, 3.05) is 12.4 Å². The minimum atomic E-state index is -0.138. The lowest BCUT2D eigenvalue weighted by molar-refractivity contribution is -0.114. The van der Waals surface area contributed by atoms with Gasteiger partial charge in [-0.25, -0.2) is 0 Å². The molecule has 0 aliphatic carbocycles. The summed E-state index contributed by atoms with van der Waals surface area (Å²) in [5.41, 5.74) is 1.25. The van der Waals surface area contributed by atoms with E-state index in [1.807, 2.05) is 12.1 Å². The predicted molar refractivity (Wildman–Crippen MR) is 85.9 cm³/mol. The van der Waals surface area contributed by atoms with Gasteiger partial charge in [-0.15, -0.1) is 11.3 Å². The molecule has 0 saturated carbocycles. The summed E-state index contributed by atoms with van der Waals surface area (Å²) in [4.78, 5) is 25.9. The van der Waals surface area contributed by atoms with Crippen molar-refractivity contribution in [1.29, 1.82) is 0 Å². The molecule has 0 unspecified atom stereocenters. The fourth-order valence-electron chi connectivity index (χ4n) is 1.86. The van der Waals surface area contributed by atoms with Crippen LogP contribution in [0.15, 0.2) is 36.4 Å². The topological polar surface area (TPSA) is 49.4 Å². The van der Waals surface area contributed by atoms with Gasteiger partial charge in [-0.05, 0) is 36.4 Å². The molecule has 6 heteroatoms. The predicted octanol–water partition coefficient (Wildman–Crippen LogP) is 3.63. The van der Waals surface area contributed by atoms with Crippen LogP contribution < -0.4 is 5.32 Å². The highest BCUT2D eigenvalue weighted by Gasteiger charge is 2.13. The van der Waals surface area contributed by atoms with Crippen LogP contribution in [0.5, 0.6) is 0 Å². The van der Waals surface area contributed by atoms with Crippen molar-refractivity contribution < 1.29 is 9.59 Å². The molecule has 0 aliphatic heterocycles. The molecule has 4 nitrogen and oxygen atoms in total. The molecule has 0 fully saturated rings. The lowest BCUT2D eigenvalue weighted by Gasteiger charge is -2.16. The maximum Gasteiger partial charge on any atom is 0.253 e. The molecule has 0 atom stereocenters. The third-order valence-electron chi connectivity index (χ3n) is 2.82. The van der Waals surface area contributed by atoms with E-state index in [-0.39, 0.29) is 11.8 Å². The fourth-order valence-corrected chi connectivity index (χ4v) is 3.00. The zero-order valence-corrected chi connectivity index (χ0v) is 13.3. The molecule has 2 aromatic rings. The van der Waals surface area contributed by atoms with Crippen molar-refractivity contribution in [3.63, 3.8) is 0 Å². The van der Waals surface area contributed by atoms with E-state index in [2.05, 4.69) is 5.32 Å². The summed E-state index contributed by atoms with van der Waals surface area (Å²) in [6.07, 6.45) is 0. The average Bonchev–Trinajstić information content (AvgIpc) is 2.83. The molecule has 21 heavy (non-hydrogen) atoms. The van der Waals surface area contributed by atoms with Crippen molar-refractivity contribution in [2.24, 2.45) is 0 Å². The van der Waals surface area contributed by atoms with E-state index in [9.17, 15) is 9.59 Å². The van der Waals surface area contributed by atoms with Crippen LogP contribution >= 0.6 is 22.9 Å². The van der Waals surface area contributed by atoms with E-state index in [1.165, 1.54) is 18.3 Å². The first-order valence-electron chi connectivity index (χ1n) is 6.33. The van der Waals surface area contributed by atoms with Crippen LogP contribution in [-0.2, 0) is 11.3 Å². The largest absolute Gasteiger partial charge is 0.337 e. The maximum absolute atomic E-state index is 12.3. The first kappa shape index (κ1) is 15.5. The van der Waals surface area contributed by atoms with E-state index in [1.54, 1.807) is 36.2 Å². The smallest absolute Gasteiger partial charge is 0.253 e. The van der Waals surface area contributed by atoms with Crippen molar-refractivity contribution in [3.8, 4) is 0 Å². The van der Waals surface area contributed by atoms with Crippen molar-refractivity contribution in [3.05, 3.63) is 51.2 Å². The van der Waals surface area contributed by atoms with E-state index in [0.29, 0.717) is 22.1 Å². The summed E-state index contributed by atoms with van der Waals surface area (Å²) < 4.78 is 0.713. The lowest BCUT2D eigenvalue weighted by atomic mass is 10.2. The zero-order valence-electron chi connectivity index (χ0n) is 11.7. The maximum atomic E-state index is 12.3. The summed E-state index contributed by atoms with van der Waals surface area (Å²) in [6.45, 7) is 1.96. The Labute approximate surface area is 132 Å². The Morgan fingerprint density at radius 1 is 1.19 bits per heavy atom. The number of nitrogens with one attached hydrogen (secondary N) is 1. The quantitative estimate of drug-likeness (QED) is 0.934. The van der Waals surface area contributed by atoms with Gasteiger partial charge in [-0.2, -0.15) is 0 Å². The second-order valence-corrected chi connectivity index (χ2v) is 6.43. The molecule has 0 bridgehead atoms. The van der Waals surface area contributed by atoms with Gasteiger partial charge in [0.05, 0.1) is 10.9 Å². The molecule has 0 spiro atoms. The first-order chi connectivity index (χ1) is 9.95. The Balaban J connectivity index is 2.03. The molecule has 0 aliphatic rings. The van der Waals surface area contributed by atoms with Gasteiger partial charge >= 0.3 is 0 Å². The SMILES string of the molecule is CC(=O)Nc1ccc(C(=O)N(C)Cc2ccc(Cl)s2)cc1. The van der Waals surface area contributed by atoms with Gasteiger partial charge in [0, 0.05) is 30.1 Å². The second-order valence-electron chi connectivity index (χ2n) is 4.63. The Morgan fingerprint density at radius 3 is 2.38 bits per heavy atom. The number of hydrogen-bond donors (Lipinski definition) is 1. The number of halogens is 1. The summed E-state index contributed by atoms with van der Waals surface area (Å²) in [5, 5.41) is 2.67. The van der Waals surface area contributed by atoms with Gasteiger partial charge in [0.25, 0.3) is 5.91 Å². The van der Waals surface area contributed by atoms with Gasteiger partial charge in [-0.3, -0.25) is 9.59 Å². The van der Waals surface area contributed by atoms with Crippen LogP contribution in [0.3, 0.4) is 0 Å². The van der Waals surface area contributed by atoms with Gasteiger partial charge in [-0.1, -0.05) is 11.6 Å². The molecule has 110 valence electrons. The monoisotopic (exact) mass is 322 g/mol. The number of hydrogen-bond acceptors (Lipinski definition) is 3. The molecule has 0 radical (unpaired) electrons. The van der Waals surface area contributed by atoms with Crippen LogP contribution in [0.1, 0.15) is 22.2 Å². The molecular weight excluding hydrogens is 308 g/mol. The highest BCUT2D eigenvalue weighted by molar-refractivity contribution is 7.16. The molecule has 1 aromatic carbocycles. The Morgan fingerprint density at radius 2 is 1.86 bits per heavy atom. The molecule has 1 aromatic heterocycles. The van der Waals surface area contributed by atoms with Gasteiger partial charge in [0.2, 0.25) is 5.91 Å². The van der Waals surface area contributed by atoms with Gasteiger partial charge in [0.1, 0.15) is 0 Å². The summed E-state index contributed by atoms with van der Waals surface area (Å²) in [6, 6.07) is 10.6. The molecule has 1 N–H and O–H groups in total. The summed E-state index contributed by atoms with van der Waals surface area (Å²) in [5.74, 6) is -0.213. The average molecular weight is 323 g/mol. The standard InChI is InChI=1S/C15H15ClN2O2S/c1-10(19)17-12-5-3-11(4-6-12)15(20)18(2)9-13-7-8-14(16)21-13/h3-8H,9H2,1-2H3,(H,17,19). The Bertz CT molecular complexity index is 652. The Kier molecular flexibility index (Phi) is 4.98. The van der Waals surface area contributed by atoms with Crippen LogP contribution in [0.4, 0.5) is 5.69 Å². The van der Waals surface area contributed by atoms with Crippen LogP contribution in [0.25, 0.3) is 0 Å². The van der Waals surface area contributed by atoms with E-state index in [4.69, 9.17) is 11.6 Å². The highest BCUT2D eigenvalue weighted by atomic mass is 35.5. The Hall–Kier alpha value is -1.85. The number of rotatable bonds is 4. The normalized spacial score (nSPS) is 10.2. The molecular formula is C15H15ClN2O2S. The van der Waals surface area contributed by atoms with Crippen LogP contribution in [0.2, 0.25) is 4.34 Å². The number of carbonyl (C=O) groups is 2. The third-order valence-corrected chi connectivity index (χ3v) is 4.04. The number of carbonyl (C=O) groups excluding carboxylic acids is 2. The van der Waals surface area contributed by atoms with Crippen molar-refractivity contribution in [2.45, 2.75) is 13.5 Å². The summed E-state index contributed by atoms with van der Waals surface area (Å²) >= 11 is 7.34. The number of nitrogens with zero attached hydrogens (tertiary/aromatic N) is 1. The van der Waals surface area contributed by atoms with Gasteiger partial charge < -0.3 is 10.2 Å². The molecule has 0 saturated heterocycles.